The van der Waals surface area contributed by atoms with E-state index in [2.05, 4.69) is 430 Å². The van der Waals surface area contributed by atoms with E-state index in [0.29, 0.717) is 17.5 Å². The van der Waals surface area contributed by atoms with E-state index in [1.807, 2.05) is 0 Å². The third-order valence-corrected chi connectivity index (χ3v) is 25.7. The van der Waals surface area contributed by atoms with Crippen molar-refractivity contribution in [3.05, 3.63) is 299 Å². The molecule has 18 rings (SSSR count). The van der Waals surface area contributed by atoms with Gasteiger partial charge in [-0.05, 0) is 232 Å². The maximum absolute atomic E-state index is 6.03. The molecule has 119 heavy (non-hydrogen) atoms. The smallest absolute Gasteiger partial charge is 0.252 e. The Morgan fingerprint density at radius 3 is 0.731 bits per heavy atom. The van der Waals surface area contributed by atoms with Gasteiger partial charge in [-0.3, -0.25) is 0 Å². The van der Waals surface area contributed by atoms with Crippen LogP contribution in [-0.2, 0) is 43.3 Å². The second-order valence-corrected chi connectivity index (χ2v) is 42.7. The van der Waals surface area contributed by atoms with Crippen molar-refractivity contribution in [2.75, 3.05) is 0 Å². The van der Waals surface area contributed by atoms with E-state index in [-0.39, 0.29) is 50.0 Å². The Morgan fingerprint density at radius 1 is 0.210 bits per heavy atom. The molecule has 0 saturated heterocycles. The Balaban J connectivity index is 1.09. The summed E-state index contributed by atoms with van der Waals surface area (Å²) in [4.78, 5) is 17.9. The molecule has 2 aliphatic rings. The Kier molecular flexibility index (Phi) is 18.2. The second kappa shape index (κ2) is 27.5. The zero-order valence-electron chi connectivity index (χ0n) is 74.6. The zero-order valence-corrected chi connectivity index (χ0v) is 74.6. The molecule has 16 aromatic rings. The Labute approximate surface area is 707 Å². The van der Waals surface area contributed by atoms with E-state index in [9.17, 15) is 0 Å². The van der Waals surface area contributed by atoms with Crippen molar-refractivity contribution in [2.45, 2.75) is 209 Å². The summed E-state index contributed by atoms with van der Waals surface area (Å²) in [6.45, 7) is 56.0. The zero-order chi connectivity index (χ0) is 84.1. The summed E-state index contributed by atoms with van der Waals surface area (Å²) >= 11 is 0. The lowest BCUT2D eigenvalue weighted by Gasteiger charge is -2.34. The van der Waals surface area contributed by atoms with Crippen molar-refractivity contribution < 1.29 is 0 Å². The number of benzene rings is 13. The van der Waals surface area contributed by atoms with Crippen LogP contribution in [0.4, 0.5) is 0 Å². The van der Waals surface area contributed by atoms with Crippen molar-refractivity contribution >= 4 is 66.7 Å². The molecule has 0 amide bonds. The van der Waals surface area contributed by atoms with Gasteiger partial charge in [0.2, 0.25) is 0 Å². The quantitative estimate of drug-likeness (QED) is 0.135. The molecular weight excluding hydrogens is 1440 g/mol. The van der Waals surface area contributed by atoms with Gasteiger partial charge in [0.15, 0.2) is 17.5 Å². The maximum atomic E-state index is 6.03. The van der Waals surface area contributed by atoms with Crippen LogP contribution >= 0.6 is 0 Å². The van der Waals surface area contributed by atoms with Crippen LogP contribution in [0.15, 0.2) is 255 Å². The van der Waals surface area contributed by atoms with Gasteiger partial charge in [0.25, 0.3) is 6.71 Å². The molecule has 0 unspecified atom stereocenters. The molecule has 5 heterocycles. The van der Waals surface area contributed by atoms with Gasteiger partial charge in [-0.1, -0.05) is 360 Å². The lowest BCUT2D eigenvalue weighted by molar-refractivity contribution is 0.568. The minimum atomic E-state index is -0.271. The van der Waals surface area contributed by atoms with Gasteiger partial charge in [-0.2, -0.15) is 0 Å². The molecule has 13 aromatic carbocycles. The Morgan fingerprint density at radius 2 is 0.462 bits per heavy atom. The second-order valence-electron chi connectivity index (χ2n) is 42.7. The SMILES string of the molecule is CC(C)(C)c1cc(-c2nc(-c3cc(C(C)(C)C)cc(C(C)(C)C)c3)nc(-c3cc4c5c(c3)-n3c6cc(-c7ccccc7)cc(-c7ccccc7)c6c6c(-c7cc(C(C)(C)C)cc(C(C)(C)C)c7)ccc(c63)B5c3ccc(-c5cc(C(C)(C)C)cc(C(C)(C)C)c5)c5c6c(-c7ccccc7)cc(-c7ccccc7)cc6n-4c35)n2)cc(C(C)(C)C)c1. The topological polar surface area (TPSA) is 48.5 Å². The first kappa shape index (κ1) is 78.7. The van der Waals surface area contributed by atoms with E-state index < -0.39 is 0 Å². The maximum Gasteiger partial charge on any atom is 0.252 e. The van der Waals surface area contributed by atoms with Crippen molar-refractivity contribution in [3.63, 3.8) is 0 Å². The van der Waals surface area contributed by atoms with Gasteiger partial charge >= 0.3 is 0 Å². The lowest BCUT2D eigenvalue weighted by atomic mass is 9.34. The normalized spacial score (nSPS) is 13.4. The highest BCUT2D eigenvalue weighted by Crippen LogP contribution is 2.52. The number of rotatable bonds is 9. The fraction of sp³-hybridized carbons (Fsp3) is 0.283. The van der Waals surface area contributed by atoms with E-state index in [1.54, 1.807) is 0 Å². The highest BCUT2D eigenvalue weighted by molar-refractivity contribution is 7.00. The largest absolute Gasteiger partial charge is 0.310 e. The highest BCUT2D eigenvalue weighted by atomic mass is 15.1. The van der Waals surface area contributed by atoms with Gasteiger partial charge < -0.3 is 9.13 Å². The standard InChI is InChI=1S/C113H114BN5/c1-106(2,3)78-49-73(50-79(63-78)107(4,5)6)86-45-47-90-101-98(86)96-88(69-41-33-27-34-42-69)57-71(67-37-29-25-30-38-67)59-92(96)118(101)94-61-77(105-116-103(75-53-82(110(13,14)15)65-83(54-75)111(16,17)18)115-104(117-105)76-55-84(112(19,20)21)66-85(56-76)113(22,23)24)62-95-100(94)114(90)91-48-46-87(74-51-80(108(7,8)9)64-81(52-74)109(10,11)12)99-97-89(70-43-35-28-36-44-70)58-72(68-39-31-26-32-40-68)60-93(97)119(95)102(91)99/h25-66H,1-24H3. The van der Waals surface area contributed by atoms with Gasteiger partial charge in [-0.15, -0.1) is 0 Å². The molecule has 0 saturated carbocycles. The molecular formula is C113H114BN5. The van der Waals surface area contributed by atoms with Gasteiger partial charge in [-0.25, -0.2) is 15.0 Å². The monoisotopic (exact) mass is 1550 g/mol. The predicted molar refractivity (Wildman–Crippen MR) is 512 cm³/mol. The van der Waals surface area contributed by atoms with Crippen LogP contribution in [0, 0.1) is 0 Å². The first-order valence-corrected chi connectivity index (χ1v) is 43.2. The van der Waals surface area contributed by atoms with Crippen molar-refractivity contribution in [1.82, 2.24) is 24.1 Å². The molecule has 0 spiro atoms. The molecule has 5 nitrogen and oxygen atoms in total. The van der Waals surface area contributed by atoms with Crippen LogP contribution in [-0.4, -0.2) is 30.8 Å². The summed E-state index contributed by atoms with van der Waals surface area (Å²) in [6.07, 6.45) is 0. The third-order valence-electron chi connectivity index (χ3n) is 25.7. The van der Waals surface area contributed by atoms with Crippen LogP contribution in [0.1, 0.15) is 211 Å². The third kappa shape index (κ3) is 13.8. The molecule has 0 bridgehead atoms. The first-order valence-electron chi connectivity index (χ1n) is 43.2. The molecule has 3 aromatic heterocycles. The van der Waals surface area contributed by atoms with Crippen molar-refractivity contribution in [3.8, 4) is 112 Å². The average molecular weight is 1550 g/mol. The summed E-state index contributed by atoms with van der Waals surface area (Å²) in [5.41, 5.74) is 36.4. The number of nitrogens with zero attached hydrogens (tertiary/aromatic N) is 5. The molecule has 0 aliphatic carbocycles. The minimum Gasteiger partial charge on any atom is -0.310 e. The Hall–Kier alpha value is -11.5. The number of aromatic nitrogens is 5. The molecule has 6 heteroatoms. The van der Waals surface area contributed by atoms with Gasteiger partial charge in [0, 0.05) is 49.6 Å². The number of hydrogen-bond acceptors (Lipinski definition) is 3. The lowest BCUT2D eigenvalue weighted by Crippen LogP contribution is -2.59. The molecule has 0 radical (unpaired) electrons. The van der Waals surface area contributed by atoms with Crippen molar-refractivity contribution in [2.24, 2.45) is 0 Å². The fourth-order valence-corrected chi connectivity index (χ4v) is 18.5. The van der Waals surface area contributed by atoms with E-state index in [0.717, 1.165) is 72.5 Å². The summed E-state index contributed by atoms with van der Waals surface area (Å²) in [6, 6.07) is 98.9. The molecule has 2 aliphatic heterocycles. The predicted octanol–water partition coefficient (Wildman–Crippen LogP) is 28.6. The molecule has 0 fully saturated rings. The first-order chi connectivity index (χ1) is 56.0. The van der Waals surface area contributed by atoms with Crippen LogP contribution in [0.3, 0.4) is 0 Å². The summed E-state index contributed by atoms with van der Waals surface area (Å²) in [7, 11) is 0. The summed E-state index contributed by atoms with van der Waals surface area (Å²) in [5.74, 6) is 1.87. The Bertz CT molecular complexity index is 6280. The highest BCUT2D eigenvalue weighted by Gasteiger charge is 2.44. The van der Waals surface area contributed by atoms with E-state index >= 15 is 0 Å². The molecule has 0 N–H and O–H groups in total. The van der Waals surface area contributed by atoms with Crippen LogP contribution < -0.4 is 16.4 Å². The van der Waals surface area contributed by atoms with Crippen LogP contribution in [0.2, 0.25) is 0 Å². The average Bonchev–Trinajstić information content (AvgIpc) is 1.52. The van der Waals surface area contributed by atoms with Crippen LogP contribution in [0.5, 0.6) is 0 Å². The molecule has 594 valence electrons. The molecule has 0 atom stereocenters. The van der Waals surface area contributed by atoms with E-state index in [1.165, 1.54) is 127 Å². The van der Waals surface area contributed by atoms with Crippen LogP contribution in [0.25, 0.3) is 156 Å². The minimum absolute atomic E-state index is 0.147. The summed E-state index contributed by atoms with van der Waals surface area (Å²) in [5, 5.41) is 4.89. The van der Waals surface area contributed by atoms with Gasteiger partial charge in [0.1, 0.15) is 0 Å². The summed E-state index contributed by atoms with van der Waals surface area (Å²) < 4.78 is 5.43. The van der Waals surface area contributed by atoms with Gasteiger partial charge in [0.05, 0.1) is 22.1 Å². The van der Waals surface area contributed by atoms with Crippen molar-refractivity contribution in [1.29, 1.82) is 0 Å². The fourth-order valence-electron chi connectivity index (χ4n) is 18.5. The number of hydrogen-bond donors (Lipinski definition) is 0. The number of fused-ring (bicyclic) bond motifs is 10. The van der Waals surface area contributed by atoms with E-state index in [4.69, 9.17) is 15.0 Å².